The number of aryl methyl sites for hydroxylation is 2. The average Bonchev–Trinajstić information content (AvgIpc) is 2.65. The van der Waals surface area contributed by atoms with Crippen molar-refractivity contribution in [3.63, 3.8) is 0 Å². The van der Waals surface area contributed by atoms with Crippen LogP contribution in [0.2, 0.25) is 5.15 Å². The molecule has 2 aromatic rings. The zero-order chi connectivity index (χ0) is 15.7. The van der Waals surface area contributed by atoms with E-state index in [2.05, 4.69) is 21.0 Å². The van der Waals surface area contributed by atoms with Crippen molar-refractivity contribution in [1.82, 2.24) is 9.78 Å². The molecular formula is C13H12BrClN2O3S. The number of hydrogen-bond acceptors (Lipinski definition) is 3. The maximum absolute atomic E-state index is 12.4. The number of rotatable bonds is 4. The minimum atomic E-state index is -1.40. The SMILES string of the molecule is Cc1nn(C)c(Cl)c1CS(=O)c1ccc(Br)c(C(=O)O)c1. The molecule has 0 aliphatic rings. The summed E-state index contributed by atoms with van der Waals surface area (Å²) in [5.74, 6) is -0.879. The van der Waals surface area contributed by atoms with Crippen molar-refractivity contribution in [2.24, 2.45) is 7.05 Å². The first-order valence-corrected chi connectivity index (χ1v) is 8.39. The Kier molecular flexibility index (Phi) is 4.85. The first kappa shape index (κ1) is 16.2. The first-order valence-electron chi connectivity index (χ1n) is 5.90. The number of carboxylic acids is 1. The van der Waals surface area contributed by atoms with Gasteiger partial charge in [-0.3, -0.25) is 8.89 Å². The largest absolute Gasteiger partial charge is 0.478 e. The first-order chi connectivity index (χ1) is 9.81. The average molecular weight is 392 g/mol. The highest BCUT2D eigenvalue weighted by Gasteiger charge is 2.17. The predicted molar refractivity (Wildman–Crippen MR) is 84.2 cm³/mol. The van der Waals surface area contributed by atoms with Crippen molar-refractivity contribution in [3.8, 4) is 0 Å². The van der Waals surface area contributed by atoms with E-state index in [0.29, 0.717) is 25.8 Å². The molecule has 21 heavy (non-hydrogen) atoms. The molecule has 1 unspecified atom stereocenters. The Balaban J connectivity index is 2.33. The molecule has 0 saturated carbocycles. The fraction of sp³-hybridized carbons (Fsp3) is 0.231. The highest BCUT2D eigenvalue weighted by Crippen LogP contribution is 2.25. The normalized spacial score (nSPS) is 12.4. The summed E-state index contributed by atoms with van der Waals surface area (Å²) in [6, 6.07) is 4.61. The Morgan fingerprint density at radius 2 is 2.19 bits per heavy atom. The highest BCUT2D eigenvalue weighted by atomic mass is 79.9. The third-order valence-corrected chi connectivity index (χ3v) is 5.47. The topological polar surface area (TPSA) is 72.2 Å². The summed E-state index contributed by atoms with van der Waals surface area (Å²) in [4.78, 5) is 11.5. The molecule has 0 aliphatic carbocycles. The van der Waals surface area contributed by atoms with Crippen LogP contribution in [-0.4, -0.2) is 25.1 Å². The van der Waals surface area contributed by atoms with Gasteiger partial charge in [0.25, 0.3) is 0 Å². The van der Waals surface area contributed by atoms with Crippen molar-refractivity contribution in [2.75, 3.05) is 0 Å². The van der Waals surface area contributed by atoms with Crippen LogP contribution < -0.4 is 0 Å². The van der Waals surface area contributed by atoms with Crippen LogP contribution in [0, 0.1) is 6.92 Å². The van der Waals surface area contributed by atoms with Crippen LogP contribution in [0.25, 0.3) is 0 Å². The Morgan fingerprint density at radius 1 is 1.52 bits per heavy atom. The van der Waals surface area contributed by atoms with Gasteiger partial charge in [-0.25, -0.2) is 4.79 Å². The Morgan fingerprint density at radius 3 is 2.71 bits per heavy atom. The highest BCUT2D eigenvalue weighted by molar-refractivity contribution is 9.10. The summed E-state index contributed by atoms with van der Waals surface area (Å²) >= 11 is 9.28. The van der Waals surface area contributed by atoms with Gasteiger partial charge in [0, 0.05) is 22.0 Å². The van der Waals surface area contributed by atoms with E-state index in [1.54, 1.807) is 26.1 Å². The molecule has 0 radical (unpaired) electrons. The van der Waals surface area contributed by atoms with Crippen LogP contribution in [0.1, 0.15) is 21.6 Å². The monoisotopic (exact) mass is 390 g/mol. The zero-order valence-corrected chi connectivity index (χ0v) is 14.4. The second-order valence-electron chi connectivity index (χ2n) is 4.42. The predicted octanol–water partition coefficient (Wildman–Crippen LogP) is 3.15. The number of aromatic nitrogens is 2. The van der Waals surface area contributed by atoms with E-state index in [4.69, 9.17) is 16.7 Å². The van der Waals surface area contributed by atoms with Gasteiger partial charge in [0.2, 0.25) is 0 Å². The Bertz CT molecular complexity index is 745. The fourth-order valence-electron chi connectivity index (χ4n) is 1.86. The van der Waals surface area contributed by atoms with Crippen LogP contribution in [0.3, 0.4) is 0 Å². The third kappa shape index (κ3) is 3.36. The van der Waals surface area contributed by atoms with E-state index < -0.39 is 16.8 Å². The number of aromatic carboxylic acids is 1. The molecule has 112 valence electrons. The molecule has 1 N–H and O–H groups in total. The molecule has 1 aromatic carbocycles. The molecule has 0 bridgehead atoms. The van der Waals surface area contributed by atoms with Crippen molar-refractivity contribution in [3.05, 3.63) is 44.6 Å². The van der Waals surface area contributed by atoms with Crippen LogP contribution >= 0.6 is 27.5 Å². The molecule has 0 amide bonds. The molecule has 5 nitrogen and oxygen atoms in total. The van der Waals surface area contributed by atoms with Crippen molar-refractivity contribution >= 4 is 44.3 Å². The van der Waals surface area contributed by atoms with Gasteiger partial charge in [0.05, 0.1) is 27.8 Å². The smallest absolute Gasteiger partial charge is 0.336 e. The quantitative estimate of drug-likeness (QED) is 0.869. The van der Waals surface area contributed by atoms with E-state index in [1.807, 2.05) is 0 Å². The lowest BCUT2D eigenvalue weighted by atomic mass is 10.2. The lowest BCUT2D eigenvalue weighted by Gasteiger charge is -2.05. The molecule has 1 aromatic heterocycles. The summed E-state index contributed by atoms with van der Waals surface area (Å²) in [6.07, 6.45) is 0. The second-order valence-corrected chi connectivity index (χ2v) is 7.08. The third-order valence-electron chi connectivity index (χ3n) is 2.98. The maximum Gasteiger partial charge on any atom is 0.336 e. The summed E-state index contributed by atoms with van der Waals surface area (Å²) in [6.45, 7) is 1.79. The van der Waals surface area contributed by atoms with Crippen LogP contribution in [0.15, 0.2) is 27.6 Å². The van der Waals surface area contributed by atoms with E-state index in [9.17, 15) is 9.00 Å². The summed E-state index contributed by atoms with van der Waals surface area (Å²) in [7, 11) is 0.314. The summed E-state index contributed by atoms with van der Waals surface area (Å²) in [5.41, 5.74) is 1.50. The Labute approximate surface area is 137 Å². The minimum Gasteiger partial charge on any atom is -0.478 e. The molecule has 0 fully saturated rings. The lowest BCUT2D eigenvalue weighted by molar-refractivity contribution is 0.0695. The lowest BCUT2D eigenvalue weighted by Crippen LogP contribution is -2.02. The number of carbonyl (C=O) groups is 1. The van der Waals surface area contributed by atoms with E-state index in [0.717, 1.165) is 0 Å². The van der Waals surface area contributed by atoms with Crippen LogP contribution in [0.5, 0.6) is 0 Å². The van der Waals surface area contributed by atoms with E-state index in [-0.39, 0.29) is 11.3 Å². The maximum atomic E-state index is 12.4. The molecular weight excluding hydrogens is 380 g/mol. The van der Waals surface area contributed by atoms with Gasteiger partial charge >= 0.3 is 5.97 Å². The van der Waals surface area contributed by atoms with Gasteiger partial charge in [-0.2, -0.15) is 5.10 Å². The summed E-state index contributed by atoms with van der Waals surface area (Å²) in [5, 5.41) is 13.7. The van der Waals surface area contributed by atoms with Crippen molar-refractivity contribution < 1.29 is 14.1 Å². The van der Waals surface area contributed by atoms with E-state index in [1.165, 1.54) is 10.7 Å². The summed E-state index contributed by atoms with van der Waals surface area (Å²) < 4.78 is 14.4. The van der Waals surface area contributed by atoms with Crippen molar-refractivity contribution in [2.45, 2.75) is 17.6 Å². The molecule has 2 rings (SSSR count). The molecule has 0 spiro atoms. The van der Waals surface area contributed by atoms with Gasteiger partial charge < -0.3 is 5.11 Å². The van der Waals surface area contributed by atoms with Crippen molar-refractivity contribution in [1.29, 1.82) is 0 Å². The molecule has 1 atom stereocenters. The number of nitrogens with zero attached hydrogens (tertiary/aromatic N) is 2. The van der Waals surface area contributed by atoms with Gasteiger partial charge in [-0.05, 0) is 41.1 Å². The standard InChI is InChI=1S/C13H12BrClN2O3S/c1-7-10(12(15)17(2)16-7)6-21(20)8-3-4-11(14)9(5-8)13(18)19/h3-5H,6H2,1-2H3,(H,18,19). The molecule has 8 heteroatoms. The number of benzene rings is 1. The van der Waals surface area contributed by atoms with Gasteiger partial charge in [0.1, 0.15) is 5.15 Å². The van der Waals surface area contributed by atoms with Gasteiger partial charge in [-0.15, -0.1) is 0 Å². The Hall–Kier alpha value is -1.18. The minimum absolute atomic E-state index is 0.0786. The number of halogens is 2. The van der Waals surface area contributed by atoms with Crippen LogP contribution in [-0.2, 0) is 23.6 Å². The number of carboxylic acid groups (broad SMARTS) is 1. The molecule has 0 saturated heterocycles. The number of hydrogen-bond donors (Lipinski definition) is 1. The van der Waals surface area contributed by atoms with Gasteiger partial charge in [-0.1, -0.05) is 11.6 Å². The van der Waals surface area contributed by atoms with E-state index >= 15 is 0 Å². The van der Waals surface area contributed by atoms with Crippen LogP contribution in [0.4, 0.5) is 0 Å². The molecule has 1 heterocycles. The fourth-order valence-corrected chi connectivity index (χ4v) is 3.84. The zero-order valence-electron chi connectivity index (χ0n) is 11.3. The second kappa shape index (κ2) is 6.29. The molecule has 0 aliphatic heterocycles. The van der Waals surface area contributed by atoms with Gasteiger partial charge in [0.15, 0.2) is 0 Å².